The molecule has 176 valence electrons. The summed E-state index contributed by atoms with van der Waals surface area (Å²) < 4.78 is 1.65. The highest BCUT2D eigenvalue weighted by atomic mass is 16.2. The first-order valence-corrected chi connectivity index (χ1v) is 11.3. The van der Waals surface area contributed by atoms with Crippen molar-refractivity contribution in [3.05, 3.63) is 84.4 Å². The topological polar surface area (TPSA) is 119 Å². The number of rotatable bonds is 5. The number of nitrogens with one attached hydrogen (secondary N) is 1. The zero-order chi connectivity index (χ0) is 24.4. The second kappa shape index (κ2) is 9.38. The number of nitrogens with zero attached hydrogens (tertiary/aromatic N) is 5. The van der Waals surface area contributed by atoms with E-state index < -0.39 is 5.91 Å². The van der Waals surface area contributed by atoms with E-state index in [1.54, 1.807) is 29.0 Å². The van der Waals surface area contributed by atoms with Crippen molar-refractivity contribution in [2.24, 2.45) is 7.05 Å². The number of carbonyl (C=O) groups excluding carboxylic acids is 2. The van der Waals surface area contributed by atoms with Gasteiger partial charge in [-0.3, -0.25) is 14.3 Å². The number of hydrogen-bond acceptors (Lipinski definition) is 6. The number of nitrogens with two attached hydrogens (primary N) is 1. The molecule has 3 heterocycles. The van der Waals surface area contributed by atoms with Gasteiger partial charge in [0.25, 0.3) is 11.8 Å². The molecule has 2 aromatic carbocycles. The minimum absolute atomic E-state index is 0.0552. The van der Waals surface area contributed by atoms with Crippen LogP contribution in [-0.2, 0) is 7.05 Å². The standard InChI is InChI=1S/C26H25N7O2/c1-32-15-20(13-29-32)22-14-28-24(27)23(31-22)25(34)30-21-11-12-33(16-21)26(35)19-9-7-18(8-10-19)17-5-3-2-4-6-17/h2-10,13-15,21H,11-12,16H2,1H3,(H2,27,28)(H,30,34)/t21-/m1/s1. The molecule has 1 aliphatic heterocycles. The summed E-state index contributed by atoms with van der Waals surface area (Å²) in [6.45, 7) is 0.974. The highest BCUT2D eigenvalue weighted by Crippen LogP contribution is 2.22. The lowest BCUT2D eigenvalue weighted by Gasteiger charge is -2.17. The van der Waals surface area contributed by atoms with Gasteiger partial charge in [0.05, 0.1) is 18.1 Å². The summed E-state index contributed by atoms with van der Waals surface area (Å²) in [5.41, 5.74) is 10.0. The molecule has 2 amide bonds. The van der Waals surface area contributed by atoms with E-state index in [0.717, 1.165) is 16.7 Å². The van der Waals surface area contributed by atoms with Gasteiger partial charge in [-0.05, 0) is 29.7 Å². The Morgan fingerprint density at radius 1 is 1.00 bits per heavy atom. The van der Waals surface area contributed by atoms with Gasteiger partial charge >= 0.3 is 0 Å². The van der Waals surface area contributed by atoms with Gasteiger partial charge in [-0.25, -0.2) is 9.97 Å². The molecular formula is C26H25N7O2. The van der Waals surface area contributed by atoms with Crippen molar-refractivity contribution in [3.63, 3.8) is 0 Å². The minimum Gasteiger partial charge on any atom is -0.382 e. The van der Waals surface area contributed by atoms with Crippen LogP contribution in [0.3, 0.4) is 0 Å². The van der Waals surface area contributed by atoms with Crippen molar-refractivity contribution in [1.82, 2.24) is 30.0 Å². The third-order valence-electron chi connectivity index (χ3n) is 6.07. The van der Waals surface area contributed by atoms with Crippen LogP contribution < -0.4 is 11.1 Å². The third kappa shape index (κ3) is 4.74. The van der Waals surface area contributed by atoms with E-state index in [1.165, 1.54) is 6.20 Å². The molecule has 0 spiro atoms. The number of carbonyl (C=O) groups is 2. The first-order chi connectivity index (χ1) is 17.0. The Hall–Kier alpha value is -4.53. The predicted molar refractivity (Wildman–Crippen MR) is 132 cm³/mol. The lowest BCUT2D eigenvalue weighted by atomic mass is 10.0. The molecule has 1 saturated heterocycles. The van der Waals surface area contributed by atoms with E-state index in [9.17, 15) is 9.59 Å². The molecule has 3 N–H and O–H groups in total. The molecular weight excluding hydrogens is 442 g/mol. The van der Waals surface area contributed by atoms with Gasteiger partial charge in [0.1, 0.15) is 0 Å². The van der Waals surface area contributed by atoms with Crippen LogP contribution in [0.15, 0.2) is 73.2 Å². The largest absolute Gasteiger partial charge is 0.382 e. The number of aryl methyl sites for hydroxylation is 1. The quantitative estimate of drug-likeness (QED) is 0.466. The van der Waals surface area contributed by atoms with Crippen LogP contribution in [0.5, 0.6) is 0 Å². The molecule has 0 bridgehead atoms. The Balaban J connectivity index is 1.23. The van der Waals surface area contributed by atoms with Crippen molar-refractivity contribution < 1.29 is 9.59 Å². The lowest BCUT2D eigenvalue weighted by molar-refractivity contribution is 0.0783. The van der Waals surface area contributed by atoms with Crippen molar-refractivity contribution in [2.45, 2.75) is 12.5 Å². The van der Waals surface area contributed by atoms with Gasteiger partial charge in [-0.2, -0.15) is 5.10 Å². The molecule has 0 aliphatic carbocycles. The van der Waals surface area contributed by atoms with Crippen molar-refractivity contribution in [3.8, 4) is 22.4 Å². The summed E-state index contributed by atoms with van der Waals surface area (Å²) >= 11 is 0. The van der Waals surface area contributed by atoms with Gasteiger partial charge < -0.3 is 16.0 Å². The average molecular weight is 468 g/mol. The van der Waals surface area contributed by atoms with E-state index in [1.807, 2.05) is 54.6 Å². The first-order valence-electron chi connectivity index (χ1n) is 11.3. The molecule has 0 radical (unpaired) electrons. The third-order valence-corrected chi connectivity index (χ3v) is 6.07. The molecule has 1 atom stereocenters. The number of anilines is 1. The SMILES string of the molecule is Cn1cc(-c2cnc(N)c(C(=O)N[C@@H]3CCN(C(=O)c4ccc(-c5ccccc5)cc4)C3)n2)cn1. The van der Waals surface area contributed by atoms with Crippen molar-refractivity contribution in [1.29, 1.82) is 0 Å². The smallest absolute Gasteiger partial charge is 0.274 e. The zero-order valence-corrected chi connectivity index (χ0v) is 19.3. The molecule has 1 fully saturated rings. The monoisotopic (exact) mass is 467 g/mol. The number of nitrogen functional groups attached to an aromatic ring is 1. The van der Waals surface area contributed by atoms with Crippen LogP contribution >= 0.6 is 0 Å². The summed E-state index contributed by atoms with van der Waals surface area (Å²) in [6, 6.07) is 17.4. The van der Waals surface area contributed by atoms with Crippen LogP contribution in [0, 0.1) is 0 Å². The van der Waals surface area contributed by atoms with Crippen molar-refractivity contribution >= 4 is 17.6 Å². The Morgan fingerprint density at radius 3 is 2.46 bits per heavy atom. The maximum absolute atomic E-state index is 13.0. The first kappa shape index (κ1) is 22.3. The number of benzene rings is 2. The van der Waals surface area contributed by atoms with E-state index in [0.29, 0.717) is 30.8 Å². The number of amides is 2. The highest BCUT2D eigenvalue weighted by Gasteiger charge is 2.29. The van der Waals surface area contributed by atoms with E-state index >= 15 is 0 Å². The molecule has 9 nitrogen and oxygen atoms in total. The number of aromatic nitrogens is 4. The van der Waals surface area contributed by atoms with Gasteiger partial charge in [0.2, 0.25) is 0 Å². The second-order valence-electron chi connectivity index (χ2n) is 8.55. The molecule has 9 heteroatoms. The van der Waals surface area contributed by atoms with Crippen LogP contribution in [0.4, 0.5) is 5.82 Å². The van der Waals surface area contributed by atoms with Gasteiger partial charge in [0.15, 0.2) is 11.5 Å². The summed E-state index contributed by atoms with van der Waals surface area (Å²) in [4.78, 5) is 36.2. The normalized spacial score (nSPS) is 15.2. The lowest BCUT2D eigenvalue weighted by Crippen LogP contribution is -2.39. The van der Waals surface area contributed by atoms with E-state index in [-0.39, 0.29) is 23.5 Å². The summed E-state index contributed by atoms with van der Waals surface area (Å²) in [5.74, 6) is -0.411. The minimum atomic E-state index is -0.410. The Labute approximate surface area is 202 Å². The average Bonchev–Trinajstić information content (AvgIpc) is 3.53. The van der Waals surface area contributed by atoms with E-state index in [2.05, 4.69) is 20.4 Å². The molecule has 5 rings (SSSR count). The van der Waals surface area contributed by atoms with Crippen LogP contribution in [0.1, 0.15) is 27.3 Å². The molecule has 0 saturated carbocycles. The fourth-order valence-electron chi connectivity index (χ4n) is 4.19. The van der Waals surface area contributed by atoms with Crippen LogP contribution in [-0.4, -0.2) is 55.6 Å². The molecule has 0 unspecified atom stereocenters. The Bertz CT molecular complexity index is 1370. The molecule has 1 aliphatic rings. The fourth-order valence-corrected chi connectivity index (χ4v) is 4.19. The highest BCUT2D eigenvalue weighted by molar-refractivity contribution is 5.97. The summed E-state index contributed by atoms with van der Waals surface area (Å²) in [6.07, 6.45) is 5.60. The van der Waals surface area contributed by atoms with Crippen LogP contribution in [0.25, 0.3) is 22.4 Å². The van der Waals surface area contributed by atoms with Crippen molar-refractivity contribution in [2.75, 3.05) is 18.8 Å². The van der Waals surface area contributed by atoms with Crippen LogP contribution in [0.2, 0.25) is 0 Å². The Morgan fingerprint density at radius 2 is 1.74 bits per heavy atom. The van der Waals surface area contributed by atoms with E-state index in [4.69, 9.17) is 5.73 Å². The van der Waals surface area contributed by atoms with Gasteiger partial charge in [0, 0.05) is 43.5 Å². The number of likely N-dealkylation sites (tertiary alicyclic amines) is 1. The summed E-state index contributed by atoms with van der Waals surface area (Å²) in [5, 5.41) is 7.07. The fraction of sp³-hybridized carbons (Fsp3) is 0.192. The predicted octanol–water partition coefficient (Wildman–Crippen LogP) is 2.77. The Kier molecular flexibility index (Phi) is 5.97. The molecule has 35 heavy (non-hydrogen) atoms. The summed E-state index contributed by atoms with van der Waals surface area (Å²) in [7, 11) is 1.80. The number of hydrogen-bond donors (Lipinski definition) is 2. The molecule has 4 aromatic rings. The molecule has 2 aromatic heterocycles. The second-order valence-corrected chi connectivity index (χ2v) is 8.55. The zero-order valence-electron chi connectivity index (χ0n) is 19.3. The maximum atomic E-state index is 13.0. The van der Waals surface area contributed by atoms with Gasteiger partial charge in [-0.15, -0.1) is 0 Å². The maximum Gasteiger partial charge on any atom is 0.274 e. The van der Waals surface area contributed by atoms with Gasteiger partial charge in [-0.1, -0.05) is 42.5 Å².